The van der Waals surface area contributed by atoms with Gasteiger partial charge >= 0.3 is 12.0 Å². The number of aryl methyl sites for hydroxylation is 1. The highest BCUT2D eigenvalue weighted by Crippen LogP contribution is 2.18. The summed E-state index contributed by atoms with van der Waals surface area (Å²) in [6.45, 7) is 4.26. The van der Waals surface area contributed by atoms with Crippen molar-refractivity contribution < 1.29 is 23.5 Å². The van der Waals surface area contributed by atoms with Crippen molar-refractivity contribution in [3.05, 3.63) is 95.3 Å². The van der Waals surface area contributed by atoms with Crippen molar-refractivity contribution in [1.82, 2.24) is 5.32 Å². The lowest BCUT2D eigenvalue weighted by Crippen LogP contribution is -2.40. The van der Waals surface area contributed by atoms with Gasteiger partial charge in [0.05, 0.1) is 12.2 Å². The van der Waals surface area contributed by atoms with E-state index < -0.39 is 17.8 Å². The number of hydrogen-bond donors (Lipinski definition) is 2. The number of halogens is 1. The maximum atomic E-state index is 13.4. The minimum Gasteiger partial charge on any atom is -0.462 e. The molecule has 0 spiro atoms. The number of benzene rings is 3. The fourth-order valence-electron chi connectivity index (χ4n) is 3.18. The first-order valence-corrected chi connectivity index (χ1v) is 10.8. The van der Waals surface area contributed by atoms with Gasteiger partial charge in [-0.3, -0.25) is 4.79 Å². The Morgan fingerprint density at radius 2 is 1.50 bits per heavy atom. The fraction of sp³-hybridized carbons (Fsp3) is 0.192. The Morgan fingerprint density at radius 1 is 0.882 bits per heavy atom. The quantitative estimate of drug-likeness (QED) is 0.471. The lowest BCUT2D eigenvalue weighted by Gasteiger charge is -2.23. The second-order valence-corrected chi connectivity index (χ2v) is 7.48. The first-order valence-electron chi connectivity index (χ1n) is 10.8. The average molecular weight is 464 g/mol. The van der Waals surface area contributed by atoms with Crippen molar-refractivity contribution in [3.63, 3.8) is 0 Å². The molecular formula is C26H26FN3O4. The second-order valence-electron chi connectivity index (χ2n) is 7.48. The molecule has 7 nitrogen and oxygen atoms in total. The van der Waals surface area contributed by atoms with E-state index in [1.54, 1.807) is 43.3 Å². The summed E-state index contributed by atoms with van der Waals surface area (Å²) >= 11 is 0. The molecule has 0 radical (unpaired) electrons. The van der Waals surface area contributed by atoms with Crippen LogP contribution >= 0.6 is 0 Å². The van der Waals surface area contributed by atoms with Crippen LogP contribution in [0.15, 0.2) is 72.8 Å². The van der Waals surface area contributed by atoms with E-state index in [0.29, 0.717) is 22.5 Å². The minimum absolute atomic E-state index is 0.154. The van der Waals surface area contributed by atoms with Crippen LogP contribution in [0.1, 0.15) is 33.2 Å². The van der Waals surface area contributed by atoms with Gasteiger partial charge in [0.1, 0.15) is 5.82 Å². The zero-order valence-corrected chi connectivity index (χ0v) is 19.0. The minimum atomic E-state index is -0.467. The van der Waals surface area contributed by atoms with E-state index in [9.17, 15) is 18.8 Å². The summed E-state index contributed by atoms with van der Waals surface area (Å²) in [5, 5.41) is 5.38. The normalized spacial score (nSPS) is 10.3. The van der Waals surface area contributed by atoms with Gasteiger partial charge in [0.2, 0.25) is 0 Å². The van der Waals surface area contributed by atoms with E-state index in [0.717, 1.165) is 5.56 Å². The Kier molecular flexibility index (Phi) is 8.34. The van der Waals surface area contributed by atoms with Gasteiger partial charge in [0, 0.05) is 30.0 Å². The largest absolute Gasteiger partial charge is 0.462 e. The van der Waals surface area contributed by atoms with Crippen LogP contribution in [-0.2, 0) is 4.74 Å². The molecule has 3 aromatic rings. The third kappa shape index (κ3) is 6.65. The molecule has 0 bridgehead atoms. The summed E-state index contributed by atoms with van der Waals surface area (Å²) in [6.07, 6.45) is 0. The molecule has 0 aliphatic carbocycles. The first kappa shape index (κ1) is 24.4. The number of nitrogens with one attached hydrogen (secondary N) is 2. The van der Waals surface area contributed by atoms with Crippen LogP contribution in [0, 0.1) is 12.7 Å². The molecule has 2 N–H and O–H groups in total. The number of carbonyl (C=O) groups is 3. The molecule has 8 heteroatoms. The van der Waals surface area contributed by atoms with Crippen molar-refractivity contribution in [3.8, 4) is 0 Å². The Bertz CT molecular complexity index is 1130. The zero-order chi connectivity index (χ0) is 24.5. The molecule has 3 aromatic carbocycles. The van der Waals surface area contributed by atoms with Gasteiger partial charge in [0.15, 0.2) is 0 Å². The number of ether oxygens (including phenoxy) is 1. The van der Waals surface area contributed by atoms with Crippen LogP contribution in [0.4, 0.5) is 20.6 Å². The zero-order valence-electron chi connectivity index (χ0n) is 19.0. The van der Waals surface area contributed by atoms with Gasteiger partial charge in [-0.1, -0.05) is 17.7 Å². The summed E-state index contributed by atoms with van der Waals surface area (Å²) in [5.74, 6) is -1.10. The van der Waals surface area contributed by atoms with Crippen LogP contribution in [0.25, 0.3) is 0 Å². The third-order valence-electron chi connectivity index (χ3n) is 4.96. The molecule has 0 atom stereocenters. The number of carbonyl (C=O) groups excluding carboxylic acids is 3. The number of nitrogens with zero attached hydrogens (tertiary/aromatic N) is 1. The van der Waals surface area contributed by atoms with E-state index in [2.05, 4.69) is 10.6 Å². The standard InChI is InChI=1S/C26H26FN3O4/c1-3-34-25(32)20-8-12-22(13-9-20)29-26(33)28-16-17-30(23-14-10-21(27)11-15-23)24(31)19-6-4-18(2)5-7-19/h4-15H,3,16-17H2,1-2H3,(H2,28,29,33). The van der Waals surface area contributed by atoms with Crippen LogP contribution in [0.3, 0.4) is 0 Å². The Balaban J connectivity index is 1.61. The van der Waals surface area contributed by atoms with Crippen molar-refractivity contribution in [2.45, 2.75) is 13.8 Å². The SMILES string of the molecule is CCOC(=O)c1ccc(NC(=O)NCCN(C(=O)c2ccc(C)cc2)c2ccc(F)cc2)cc1. The summed E-state index contributed by atoms with van der Waals surface area (Å²) < 4.78 is 18.3. The van der Waals surface area contributed by atoms with Crippen LogP contribution in [0.5, 0.6) is 0 Å². The maximum absolute atomic E-state index is 13.4. The van der Waals surface area contributed by atoms with Gasteiger partial charge in [-0.2, -0.15) is 0 Å². The van der Waals surface area contributed by atoms with Gasteiger partial charge in [-0.25, -0.2) is 14.0 Å². The third-order valence-corrected chi connectivity index (χ3v) is 4.96. The molecule has 3 rings (SSSR count). The summed E-state index contributed by atoms with van der Waals surface area (Å²) in [6, 6.07) is 18.6. The van der Waals surface area contributed by atoms with E-state index in [1.165, 1.54) is 29.2 Å². The Morgan fingerprint density at radius 3 is 2.12 bits per heavy atom. The smallest absolute Gasteiger partial charge is 0.338 e. The van der Waals surface area contributed by atoms with Gasteiger partial charge in [-0.15, -0.1) is 0 Å². The first-order chi connectivity index (χ1) is 16.4. The molecule has 0 unspecified atom stereocenters. The van der Waals surface area contributed by atoms with Gasteiger partial charge in [-0.05, 0) is 74.5 Å². The lowest BCUT2D eigenvalue weighted by molar-refractivity contribution is 0.0526. The number of amides is 3. The molecule has 0 aromatic heterocycles. The Labute approximate surface area is 197 Å². The van der Waals surface area contributed by atoms with E-state index >= 15 is 0 Å². The lowest BCUT2D eigenvalue weighted by atomic mass is 10.1. The van der Waals surface area contributed by atoms with Crippen LogP contribution in [0.2, 0.25) is 0 Å². The van der Waals surface area contributed by atoms with Gasteiger partial charge < -0.3 is 20.3 Å². The van der Waals surface area contributed by atoms with Crippen molar-refractivity contribution in [2.24, 2.45) is 0 Å². The molecule has 0 saturated carbocycles. The van der Waals surface area contributed by atoms with Gasteiger partial charge in [0.25, 0.3) is 5.91 Å². The number of esters is 1. The topological polar surface area (TPSA) is 87.7 Å². The summed E-state index contributed by atoms with van der Waals surface area (Å²) in [4.78, 5) is 38.6. The van der Waals surface area contributed by atoms with E-state index in [4.69, 9.17) is 4.74 Å². The molecular weight excluding hydrogens is 437 g/mol. The molecule has 0 heterocycles. The van der Waals surface area contributed by atoms with Crippen molar-refractivity contribution in [1.29, 1.82) is 0 Å². The van der Waals surface area contributed by atoms with Crippen LogP contribution in [-0.4, -0.2) is 37.6 Å². The summed E-state index contributed by atoms with van der Waals surface area (Å²) in [5.41, 5.74) is 2.91. The predicted molar refractivity (Wildman–Crippen MR) is 129 cm³/mol. The second kappa shape index (κ2) is 11.6. The molecule has 0 saturated heterocycles. The predicted octanol–water partition coefficient (Wildman–Crippen LogP) is 4.78. The molecule has 0 aliphatic rings. The van der Waals surface area contributed by atoms with Crippen molar-refractivity contribution in [2.75, 3.05) is 29.9 Å². The number of rotatable bonds is 8. The molecule has 176 valence electrons. The highest BCUT2D eigenvalue weighted by Gasteiger charge is 2.18. The van der Waals surface area contributed by atoms with E-state index in [1.807, 2.05) is 19.1 Å². The maximum Gasteiger partial charge on any atom is 0.338 e. The monoisotopic (exact) mass is 463 g/mol. The Hall–Kier alpha value is -4.20. The molecule has 34 heavy (non-hydrogen) atoms. The van der Waals surface area contributed by atoms with Crippen molar-refractivity contribution >= 4 is 29.3 Å². The fourth-order valence-corrected chi connectivity index (χ4v) is 3.18. The molecule has 3 amide bonds. The number of anilines is 2. The molecule has 0 fully saturated rings. The summed E-state index contributed by atoms with van der Waals surface area (Å²) in [7, 11) is 0. The average Bonchev–Trinajstić information content (AvgIpc) is 2.83. The molecule has 0 aliphatic heterocycles. The number of urea groups is 1. The van der Waals surface area contributed by atoms with Crippen LogP contribution < -0.4 is 15.5 Å². The number of hydrogen-bond acceptors (Lipinski definition) is 4. The highest BCUT2D eigenvalue weighted by molar-refractivity contribution is 6.06. The van der Waals surface area contributed by atoms with E-state index in [-0.39, 0.29) is 25.6 Å². The highest BCUT2D eigenvalue weighted by atomic mass is 19.1.